The smallest absolute Gasteiger partial charge is 0.353 e. The van der Waals surface area contributed by atoms with E-state index in [0.717, 1.165) is 53.9 Å². The van der Waals surface area contributed by atoms with Gasteiger partial charge >= 0.3 is 6.03 Å². The number of urea groups is 1. The topological polar surface area (TPSA) is 94.8 Å². The van der Waals surface area contributed by atoms with Crippen LogP contribution in [0.1, 0.15) is 79.4 Å². The molecular weight excluding hydrogens is 406 g/mol. The zero-order chi connectivity index (χ0) is 20.9. The van der Waals surface area contributed by atoms with Crippen LogP contribution in [0.3, 0.4) is 0 Å². The van der Waals surface area contributed by atoms with Crippen molar-refractivity contribution in [3.8, 4) is 0 Å². The first-order valence-electron chi connectivity index (χ1n) is 9.93. The third-order valence-corrected chi connectivity index (χ3v) is 7.82. The highest BCUT2D eigenvalue weighted by Gasteiger charge is 2.33. The molecule has 1 unspecified atom stereocenters. The van der Waals surface area contributed by atoms with Gasteiger partial charge in [-0.15, -0.1) is 15.7 Å². The van der Waals surface area contributed by atoms with Gasteiger partial charge in [-0.1, -0.05) is 0 Å². The third kappa shape index (κ3) is 4.45. The van der Waals surface area contributed by atoms with E-state index in [9.17, 15) is 14.5 Å². The van der Waals surface area contributed by atoms with Crippen molar-refractivity contribution in [2.45, 2.75) is 75.0 Å². The molecule has 0 spiro atoms. The summed E-state index contributed by atoms with van der Waals surface area (Å²) in [5.41, 5.74) is 4.71. The van der Waals surface area contributed by atoms with E-state index in [4.69, 9.17) is 4.98 Å². The van der Waals surface area contributed by atoms with Crippen molar-refractivity contribution in [1.82, 2.24) is 4.98 Å². The minimum absolute atomic E-state index is 0.500. The number of aliphatic hydroxyl groups is 1. The van der Waals surface area contributed by atoms with E-state index < -0.39 is 22.6 Å². The number of rotatable bonds is 5. The van der Waals surface area contributed by atoms with E-state index in [2.05, 4.69) is 9.68 Å². The molecule has 2 saturated carbocycles. The Labute approximate surface area is 177 Å². The highest BCUT2D eigenvalue weighted by Crippen LogP contribution is 2.47. The average molecular weight is 434 g/mol. The highest BCUT2D eigenvalue weighted by atomic mass is 32.2. The van der Waals surface area contributed by atoms with Gasteiger partial charge in [-0.3, -0.25) is 4.98 Å². The predicted octanol–water partition coefficient (Wildman–Crippen LogP) is 5.61. The van der Waals surface area contributed by atoms with Crippen LogP contribution < -0.4 is 5.32 Å². The van der Waals surface area contributed by atoms with Crippen LogP contribution >= 0.6 is 11.3 Å². The molecule has 0 bridgehead atoms. The number of nitrogens with one attached hydrogen (secondary N) is 1. The van der Waals surface area contributed by atoms with Crippen molar-refractivity contribution in [3.05, 3.63) is 39.5 Å². The summed E-state index contributed by atoms with van der Waals surface area (Å²) in [5.74, 6) is 0.999. The Morgan fingerprint density at radius 3 is 2.21 bits per heavy atom. The number of hydrogen-bond donors (Lipinski definition) is 3. The molecule has 0 radical (unpaired) electrons. The van der Waals surface area contributed by atoms with Gasteiger partial charge in [-0.05, 0) is 81.5 Å². The van der Waals surface area contributed by atoms with Gasteiger partial charge in [0, 0.05) is 23.2 Å². The Hall–Kier alpha value is -1.61. The maximum absolute atomic E-state index is 12.6. The van der Waals surface area contributed by atoms with Gasteiger partial charge in [0.25, 0.3) is 0 Å². The van der Waals surface area contributed by atoms with Crippen molar-refractivity contribution in [3.63, 3.8) is 0 Å². The maximum atomic E-state index is 12.6. The normalized spacial score (nSPS) is 18.1. The lowest BCUT2D eigenvalue weighted by atomic mass is 10.0. The number of anilines is 1. The van der Waals surface area contributed by atoms with Crippen molar-refractivity contribution in [2.24, 2.45) is 4.36 Å². The van der Waals surface area contributed by atoms with Crippen LogP contribution in [0.5, 0.6) is 0 Å². The molecule has 1 atom stereocenters. The van der Waals surface area contributed by atoms with E-state index >= 15 is 0 Å². The lowest BCUT2D eigenvalue weighted by Crippen LogP contribution is -2.14. The molecule has 2 fully saturated rings. The Morgan fingerprint density at radius 2 is 1.76 bits per heavy atom. The predicted molar refractivity (Wildman–Crippen MR) is 117 cm³/mol. The Kier molecular flexibility index (Phi) is 5.40. The van der Waals surface area contributed by atoms with Crippen molar-refractivity contribution < 1.29 is 14.5 Å². The summed E-state index contributed by atoms with van der Waals surface area (Å²) >= 11 is 1.29. The molecule has 2 aliphatic carbocycles. The number of nitrogens with zero attached hydrogens (tertiary/aromatic N) is 2. The summed E-state index contributed by atoms with van der Waals surface area (Å²) < 4.78 is 14.9. The fourth-order valence-corrected chi connectivity index (χ4v) is 5.44. The van der Waals surface area contributed by atoms with Gasteiger partial charge < -0.3 is 15.0 Å². The lowest BCUT2D eigenvalue weighted by Gasteiger charge is -2.17. The molecule has 156 valence electrons. The summed E-state index contributed by atoms with van der Waals surface area (Å²) in [4.78, 5) is 17.5. The third-order valence-electron chi connectivity index (χ3n) is 5.55. The number of amides is 2. The molecule has 0 aromatic carbocycles. The number of pyridine rings is 1. The summed E-state index contributed by atoms with van der Waals surface area (Å²) in [6.45, 7) is 7.38. The summed E-state index contributed by atoms with van der Waals surface area (Å²) in [7, 11) is -1.56. The summed E-state index contributed by atoms with van der Waals surface area (Å²) in [6, 6.07) is 1.14. The van der Waals surface area contributed by atoms with Gasteiger partial charge in [0.1, 0.15) is 0 Å². The van der Waals surface area contributed by atoms with Crippen LogP contribution in [0.2, 0.25) is 0 Å². The number of thiophene rings is 1. The monoisotopic (exact) mass is 433 g/mol. The molecule has 2 aromatic heterocycles. The zero-order valence-corrected chi connectivity index (χ0v) is 18.8. The molecule has 0 aliphatic heterocycles. The Bertz CT molecular complexity index is 963. The fourth-order valence-electron chi connectivity index (χ4n) is 3.52. The van der Waals surface area contributed by atoms with Crippen LogP contribution in [0.25, 0.3) is 0 Å². The minimum Gasteiger partial charge on any atom is -0.386 e. The van der Waals surface area contributed by atoms with Crippen LogP contribution in [-0.2, 0) is 16.6 Å². The second kappa shape index (κ2) is 7.58. The van der Waals surface area contributed by atoms with E-state index in [-0.39, 0.29) is 0 Å². The van der Waals surface area contributed by atoms with E-state index in [1.807, 2.05) is 13.8 Å². The Morgan fingerprint density at radius 1 is 1.21 bits per heavy atom. The first-order chi connectivity index (χ1) is 13.6. The van der Waals surface area contributed by atoms with E-state index in [1.54, 1.807) is 25.3 Å². The lowest BCUT2D eigenvalue weighted by molar-refractivity contribution is 0.0789. The highest BCUT2D eigenvalue weighted by molar-refractivity contribution is 7.84. The van der Waals surface area contributed by atoms with Crippen LogP contribution in [0.15, 0.2) is 20.0 Å². The molecule has 6 nitrogen and oxygen atoms in total. The average Bonchev–Trinajstić information content (AvgIpc) is 3.57. The summed E-state index contributed by atoms with van der Waals surface area (Å²) in [6.07, 6.45) is 4.61. The van der Waals surface area contributed by atoms with Crippen molar-refractivity contribution >= 4 is 34.0 Å². The SMILES string of the molecule is Cc1c(C2CC2)nc(C2CC2)c(C)c1NC(=O)N=S(O)c1cc(C(C)(C)O)cs1. The molecule has 2 aliphatic rings. The van der Waals surface area contributed by atoms with Gasteiger partial charge in [-0.25, -0.2) is 4.79 Å². The standard InChI is InChI=1S/C21H27N3O3S2/c1-11-17(12(2)19(14-7-8-14)22-18(11)13-5-6-13)23-20(25)24-29(27)16-9-15(10-28-16)21(3,4)26/h9-10,13-14,26H,5-8H2,1-4H3,(H2,22,23,24,25,27). The van der Waals surface area contributed by atoms with Crippen LogP contribution in [0, 0.1) is 13.8 Å². The molecule has 8 heteroatoms. The molecule has 3 N–H and O–H groups in total. The quantitative estimate of drug-likeness (QED) is 0.571. The number of hydrogen-bond acceptors (Lipinski definition) is 4. The van der Waals surface area contributed by atoms with Crippen LogP contribution in [0.4, 0.5) is 10.5 Å². The molecule has 2 heterocycles. The molecule has 4 rings (SSSR count). The van der Waals surface area contributed by atoms with E-state index in [0.29, 0.717) is 21.6 Å². The zero-order valence-electron chi connectivity index (χ0n) is 17.2. The van der Waals surface area contributed by atoms with Gasteiger partial charge in [0.05, 0.1) is 26.5 Å². The Balaban J connectivity index is 1.59. The first kappa shape index (κ1) is 20.7. The molecular formula is C21H27N3O3S2. The number of aromatic nitrogens is 1. The van der Waals surface area contributed by atoms with Crippen molar-refractivity contribution in [1.29, 1.82) is 0 Å². The minimum atomic E-state index is -1.56. The van der Waals surface area contributed by atoms with Gasteiger partial charge in [0.2, 0.25) is 0 Å². The molecule has 2 aromatic rings. The molecule has 2 amide bonds. The second-order valence-corrected chi connectivity index (χ2v) is 10.9. The first-order valence-corrected chi connectivity index (χ1v) is 12.0. The second-order valence-electron chi connectivity index (χ2n) is 8.55. The largest absolute Gasteiger partial charge is 0.386 e. The number of carbonyl (C=O) groups excluding carboxylic acids is 1. The van der Waals surface area contributed by atoms with Gasteiger partial charge in [0.15, 0.2) is 0 Å². The maximum Gasteiger partial charge on any atom is 0.353 e. The van der Waals surface area contributed by atoms with Gasteiger partial charge in [-0.2, -0.15) is 0 Å². The molecule has 0 saturated heterocycles. The number of carbonyl (C=O) groups is 1. The summed E-state index contributed by atoms with van der Waals surface area (Å²) in [5, 5.41) is 14.8. The van der Waals surface area contributed by atoms with E-state index in [1.165, 1.54) is 11.3 Å². The van der Waals surface area contributed by atoms with Crippen molar-refractivity contribution in [2.75, 3.05) is 5.32 Å². The fraction of sp³-hybridized carbons (Fsp3) is 0.524. The van der Waals surface area contributed by atoms with Crippen LogP contribution in [-0.4, -0.2) is 20.7 Å². The molecule has 29 heavy (non-hydrogen) atoms.